The van der Waals surface area contributed by atoms with Crippen LogP contribution in [0.4, 0.5) is 0 Å². The Morgan fingerprint density at radius 3 is 2.36 bits per heavy atom. The predicted octanol–water partition coefficient (Wildman–Crippen LogP) is -3.16. The number of nitrogens with zero attached hydrogens (tertiary/aromatic N) is 2. The molecule has 0 aromatic heterocycles. The Hall–Kier alpha value is -1.33. The van der Waals surface area contributed by atoms with E-state index in [0.717, 1.165) is 6.08 Å². The molecule has 2 aliphatic rings. The van der Waals surface area contributed by atoms with Crippen LogP contribution >= 0.6 is 0 Å². The van der Waals surface area contributed by atoms with Crippen molar-refractivity contribution in [2.24, 2.45) is 4.99 Å². The van der Waals surface area contributed by atoms with Crippen LogP contribution in [0.15, 0.2) is 16.0 Å². The van der Waals surface area contributed by atoms with Gasteiger partial charge in [0.15, 0.2) is 5.96 Å². The van der Waals surface area contributed by atoms with Crippen molar-refractivity contribution in [3.05, 3.63) is 11.0 Å². The van der Waals surface area contributed by atoms with Crippen LogP contribution in [0.25, 0.3) is 0 Å². The number of rotatable bonds is 8. The molecule has 0 aromatic rings. The summed E-state index contributed by atoms with van der Waals surface area (Å²) in [4.78, 5) is 5.37. The molecule has 0 bridgehead atoms. The highest BCUT2D eigenvalue weighted by molar-refractivity contribution is 7.90. The van der Waals surface area contributed by atoms with E-state index in [1.807, 2.05) is 0 Å². The lowest BCUT2D eigenvalue weighted by Crippen LogP contribution is -2.64. The Morgan fingerprint density at radius 2 is 1.82 bits per heavy atom. The number of aliphatic imine (C=N–C) groups is 1. The first-order chi connectivity index (χ1) is 13.1. The number of aliphatic hydroxyl groups excluding tert-OH is 2. The van der Waals surface area contributed by atoms with Gasteiger partial charge in [-0.15, -0.1) is 0 Å². The van der Waals surface area contributed by atoms with Crippen LogP contribution in [0.5, 0.6) is 0 Å². The van der Waals surface area contributed by atoms with E-state index in [9.17, 15) is 25.9 Å². The first-order valence-electron chi connectivity index (χ1n) is 8.46. The van der Waals surface area contributed by atoms with Crippen molar-refractivity contribution in [1.29, 1.82) is 0 Å². The molecular weight excluding hydrogens is 418 g/mol. The van der Waals surface area contributed by atoms with Crippen LogP contribution in [0.3, 0.4) is 0 Å². The number of allylic oxidation sites excluding steroid dienone is 1. The Labute approximate surface area is 163 Å². The highest BCUT2D eigenvalue weighted by Gasteiger charge is 2.37. The van der Waals surface area contributed by atoms with Crippen molar-refractivity contribution >= 4 is 26.2 Å². The fourth-order valence-corrected chi connectivity index (χ4v) is 4.66. The van der Waals surface area contributed by atoms with Gasteiger partial charge in [0.25, 0.3) is 20.2 Å². The zero-order valence-corrected chi connectivity index (χ0v) is 16.5. The highest BCUT2D eigenvalue weighted by Crippen LogP contribution is 2.26. The smallest absolute Gasteiger partial charge is 0.292 e. The molecule has 0 aromatic carbocycles. The van der Waals surface area contributed by atoms with Gasteiger partial charge >= 0.3 is 0 Å². The third-order valence-corrected chi connectivity index (χ3v) is 6.66. The molecule has 15 heteroatoms. The lowest BCUT2D eigenvalue weighted by molar-refractivity contribution is 0.0933. The molecule has 7 N–H and O–H groups in total. The summed E-state index contributed by atoms with van der Waals surface area (Å²) in [5, 5.41) is 25.7. The second kappa shape index (κ2) is 9.45. The zero-order chi connectivity index (χ0) is 20.9. The van der Waals surface area contributed by atoms with Crippen molar-refractivity contribution in [3.8, 4) is 0 Å². The van der Waals surface area contributed by atoms with Gasteiger partial charge in [-0.25, -0.2) is 4.99 Å². The molecule has 28 heavy (non-hydrogen) atoms. The molecule has 0 amide bonds. The van der Waals surface area contributed by atoms with E-state index in [2.05, 4.69) is 20.9 Å². The molecular formula is C13H25N5O8S2. The molecule has 1 heterocycles. The van der Waals surface area contributed by atoms with Gasteiger partial charge in [-0.3, -0.25) is 19.3 Å². The van der Waals surface area contributed by atoms with Crippen molar-refractivity contribution in [1.82, 2.24) is 20.9 Å². The van der Waals surface area contributed by atoms with Gasteiger partial charge in [0, 0.05) is 13.1 Å². The quantitative estimate of drug-likeness (QED) is 0.186. The maximum atomic E-state index is 11.6. The van der Waals surface area contributed by atoms with Gasteiger partial charge in [0.1, 0.15) is 6.29 Å². The second-order valence-electron chi connectivity index (χ2n) is 6.29. The number of aliphatic hydroxyl groups is 2. The van der Waals surface area contributed by atoms with Crippen LogP contribution in [0, 0.1) is 0 Å². The van der Waals surface area contributed by atoms with Crippen molar-refractivity contribution in [2.75, 3.05) is 33.0 Å². The molecule has 1 aliphatic heterocycles. The van der Waals surface area contributed by atoms with Gasteiger partial charge in [-0.05, 0) is 12.8 Å². The van der Waals surface area contributed by atoms with E-state index in [1.54, 1.807) is 4.90 Å². The molecule has 0 unspecified atom stereocenters. The molecule has 0 fully saturated rings. The van der Waals surface area contributed by atoms with Gasteiger partial charge < -0.3 is 20.8 Å². The van der Waals surface area contributed by atoms with Crippen LogP contribution < -0.4 is 16.0 Å². The molecule has 0 saturated carbocycles. The summed E-state index contributed by atoms with van der Waals surface area (Å²) in [5.41, 5.74) is 0. The van der Waals surface area contributed by atoms with Gasteiger partial charge in [0.05, 0.1) is 36.1 Å². The summed E-state index contributed by atoms with van der Waals surface area (Å²) in [5.74, 6) is 0.125. The molecule has 13 nitrogen and oxygen atoms in total. The lowest BCUT2D eigenvalue weighted by atomic mass is 10.0. The molecule has 2 rings (SSSR count). The molecule has 162 valence electrons. The molecule has 0 saturated heterocycles. The lowest BCUT2D eigenvalue weighted by Gasteiger charge is -2.36. The average Bonchev–Trinajstić information content (AvgIpc) is 2.60. The number of hydrogen-bond donors (Lipinski definition) is 7. The molecule has 0 radical (unpaired) electrons. The first-order valence-corrected chi connectivity index (χ1v) is 11.4. The van der Waals surface area contributed by atoms with Crippen molar-refractivity contribution in [2.45, 2.75) is 30.4 Å². The SMILES string of the molecule is O=S(=O)(O)C1=CC[C@@H](S(=O)(=O)O)C[C@H]1NC1=NCN[C@H](N(CCO)CCO)N1. The summed E-state index contributed by atoms with van der Waals surface area (Å²) in [6, 6.07) is -1.13. The van der Waals surface area contributed by atoms with Crippen LogP contribution in [0.1, 0.15) is 12.8 Å². The predicted molar refractivity (Wildman–Crippen MR) is 99.2 cm³/mol. The van der Waals surface area contributed by atoms with E-state index in [-0.39, 0.29) is 51.8 Å². The van der Waals surface area contributed by atoms with Crippen LogP contribution in [-0.4, -0.2) is 97.6 Å². The fourth-order valence-electron chi connectivity index (χ4n) is 3.06. The zero-order valence-electron chi connectivity index (χ0n) is 14.9. The minimum atomic E-state index is -4.59. The Bertz CT molecular complexity index is 807. The maximum Gasteiger partial charge on any atom is 0.292 e. The molecule has 1 aliphatic carbocycles. The van der Waals surface area contributed by atoms with Gasteiger partial charge in [0.2, 0.25) is 0 Å². The number of guanidine groups is 1. The van der Waals surface area contributed by atoms with Crippen LogP contribution in [-0.2, 0) is 20.2 Å². The maximum absolute atomic E-state index is 11.6. The van der Waals surface area contributed by atoms with E-state index in [1.165, 1.54) is 0 Å². The second-order valence-corrected chi connectivity index (χ2v) is 9.40. The van der Waals surface area contributed by atoms with Crippen molar-refractivity contribution in [3.63, 3.8) is 0 Å². The Balaban J connectivity index is 2.17. The summed E-state index contributed by atoms with van der Waals surface area (Å²) < 4.78 is 64.9. The summed E-state index contributed by atoms with van der Waals surface area (Å²) in [7, 11) is -9.00. The Morgan fingerprint density at radius 1 is 1.18 bits per heavy atom. The van der Waals surface area contributed by atoms with E-state index in [4.69, 9.17) is 10.2 Å². The normalized spacial score (nSPS) is 26.4. The van der Waals surface area contributed by atoms with Gasteiger partial charge in [-0.2, -0.15) is 16.8 Å². The summed E-state index contributed by atoms with van der Waals surface area (Å²) in [6.45, 7) is 0.279. The summed E-state index contributed by atoms with van der Waals surface area (Å²) >= 11 is 0. The Kier molecular flexibility index (Phi) is 7.74. The van der Waals surface area contributed by atoms with Crippen molar-refractivity contribution < 1.29 is 36.2 Å². The van der Waals surface area contributed by atoms with Crippen LogP contribution in [0.2, 0.25) is 0 Å². The highest BCUT2D eigenvalue weighted by atomic mass is 32.2. The fraction of sp³-hybridized carbons (Fsp3) is 0.769. The minimum absolute atomic E-state index is 0.118. The number of nitrogens with one attached hydrogen (secondary N) is 3. The molecule has 0 spiro atoms. The topological polar surface area (TPSA) is 201 Å². The third kappa shape index (κ3) is 6.08. The molecule has 3 atom stereocenters. The van der Waals surface area contributed by atoms with E-state index >= 15 is 0 Å². The average molecular weight is 444 g/mol. The van der Waals surface area contributed by atoms with Gasteiger partial charge in [-0.1, -0.05) is 6.08 Å². The van der Waals surface area contributed by atoms with E-state index in [0.29, 0.717) is 0 Å². The standard InChI is InChI=1S/C13H25N5O8S2/c19-5-3-18(4-6-20)13-15-8-14-12(17-13)16-10-7-9(27(21,22)23)1-2-11(10)28(24,25)26/h2,9-10,13,15,19-20H,1,3-8H2,(H2,14,16,17)(H,21,22,23)(H,24,25,26)/t9-,10-,13+/m1/s1. The first kappa shape index (κ1) is 23.0. The monoisotopic (exact) mass is 443 g/mol. The largest absolute Gasteiger partial charge is 0.395 e. The number of hydrogen-bond acceptors (Lipinski definition) is 11. The third-order valence-electron chi connectivity index (χ3n) is 4.39. The minimum Gasteiger partial charge on any atom is -0.395 e. The summed E-state index contributed by atoms with van der Waals surface area (Å²) in [6.07, 6.45) is -0.0341. The van der Waals surface area contributed by atoms with E-state index < -0.39 is 42.7 Å².